The van der Waals surface area contributed by atoms with Gasteiger partial charge in [-0.15, -0.1) is 0 Å². The van der Waals surface area contributed by atoms with Crippen molar-refractivity contribution in [3.63, 3.8) is 0 Å². The number of furan rings is 1. The van der Waals surface area contributed by atoms with Crippen LogP contribution in [0.25, 0.3) is 77.2 Å². The van der Waals surface area contributed by atoms with Crippen LogP contribution in [0.5, 0.6) is 0 Å². The van der Waals surface area contributed by atoms with Gasteiger partial charge in [0.25, 0.3) is 0 Å². The van der Waals surface area contributed by atoms with Gasteiger partial charge in [-0.3, -0.25) is 0 Å². The molecule has 0 aliphatic heterocycles. The normalized spacial score (nSPS) is 14.3. The minimum absolute atomic E-state index is 0.185. The van der Waals surface area contributed by atoms with Gasteiger partial charge in [0.2, 0.25) is 0 Å². The summed E-state index contributed by atoms with van der Waals surface area (Å²) in [5.41, 5.74) is 22.3. The fourth-order valence-electron chi connectivity index (χ4n) is 12.0. The van der Waals surface area contributed by atoms with Crippen LogP contribution in [0.3, 0.4) is 0 Å². The zero-order valence-electron chi connectivity index (χ0n) is 35.6. The van der Waals surface area contributed by atoms with Crippen molar-refractivity contribution in [1.29, 1.82) is 0 Å². The molecule has 2 nitrogen and oxygen atoms in total. The molecule has 1 spiro atoms. The van der Waals surface area contributed by atoms with Gasteiger partial charge in [0.15, 0.2) is 5.58 Å². The lowest BCUT2D eigenvalue weighted by atomic mass is 9.70. The van der Waals surface area contributed by atoms with Crippen LogP contribution < -0.4 is 4.90 Å². The molecule has 14 rings (SSSR count). The molecule has 0 saturated carbocycles. The number of anilines is 3. The van der Waals surface area contributed by atoms with E-state index >= 15 is 0 Å². The highest BCUT2D eigenvalue weighted by Gasteiger charge is 2.51. The van der Waals surface area contributed by atoms with Crippen molar-refractivity contribution in [2.24, 2.45) is 0 Å². The summed E-state index contributed by atoms with van der Waals surface area (Å²) in [5.74, 6) is 0. The van der Waals surface area contributed by atoms with Crippen LogP contribution >= 0.6 is 0 Å². The summed E-state index contributed by atoms with van der Waals surface area (Å²) in [5, 5.41) is 4.57. The van der Waals surface area contributed by atoms with E-state index in [-0.39, 0.29) is 5.41 Å². The van der Waals surface area contributed by atoms with E-state index in [9.17, 15) is 0 Å². The third-order valence-corrected chi connectivity index (χ3v) is 14.8. The summed E-state index contributed by atoms with van der Waals surface area (Å²) < 4.78 is 7.18. The predicted octanol–water partition coefficient (Wildman–Crippen LogP) is 16.5. The lowest BCUT2D eigenvalue weighted by Gasteiger charge is -2.32. The molecule has 0 atom stereocenters. The van der Waals surface area contributed by atoms with Crippen LogP contribution in [-0.4, -0.2) is 0 Å². The van der Waals surface area contributed by atoms with E-state index in [2.05, 4.69) is 231 Å². The minimum atomic E-state index is -0.483. The number of rotatable bonds is 4. The molecular weight excluding hydrogens is 775 g/mol. The molecule has 300 valence electrons. The summed E-state index contributed by atoms with van der Waals surface area (Å²) in [7, 11) is 0. The van der Waals surface area contributed by atoms with Crippen molar-refractivity contribution >= 4 is 49.8 Å². The van der Waals surface area contributed by atoms with Gasteiger partial charge in [-0.25, -0.2) is 0 Å². The van der Waals surface area contributed by atoms with Crippen LogP contribution in [0.2, 0.25) is 0 Å². The molecule has 3 aliphatic rings. The van der Waals surface area contributed by atoms with Gasteiger partial charge < -0.3 is 9.32 Å². The van der Waals surface area contributed by atoms with E-state index in [1.54, 1.807) is 0 Å². The number of fused-ring (bicyclic) bond motifs is 17. The van der Waals surface area contributed by atoms with E-state index in [4.69, 9.17) is 4.42 Å². The van der Waals surface area contributed by atoms with E-state index in [0.29, 0.717) is 0 Å². The Morgan fingerprint density at radius 1 is 0.359 bits per heavy atom. The van der Waals surface area contributed by atoms with E-state index in [1.165, 1.54) is 72.1 Å². The number of nitrogens with zero attached hydrogens (tertiary/aromatic N) is 1. The van der Waals surface area contributed by atoms with Crippen molar-refractivity contribution in [2.75, 3.05) is 4.90 Å². The van der Waals surface area contributed by atoms with Crippen molar-refractivity contribution in [1.82, 2.24) is 0 Å². The summed E-state index contributed by atoms with van der Waals surface area (Å²) >= 11 is 0. The summed E-state index contributed by atoms with van der Waals surface area (Å²) in [6.07, 6.45) is 0. The van der Waals surface area contributed by atoms with Gasteiger partial charge in [-0.05, 0) is 137 Å². The molecule has 1 aromatic heterocycles. The Hall–Kier alpha value is -7.94. The first kappa shape index (κ1) is 35.6. The average molecular weight is 816 g/mol. The molecule has 0 radical (unpaired) electrons. The molecule has 2 heteroatoms. The minimum Gasteiger partial charge on any atom is -0.454 e. The Morgan fingerprint density at radius 3 is 1.47 bits per heavy atom. The largest absolute Gasteiger partial charge is 0.454 e. The van der Waals surface area contributed by atoms with Crippen molar-refractivity contribution in [3.8, 4) is 44.5 Å². The first-order valence-electron chi connectivity index (χ1n) is 22.4. The Kier molecular flexibility index (Phi) is 7.13. The monoisotopic (exact) mass is 815 g/mol. The summed E-state index contributed by atoms with van der Waals surface area (Å²) in [4.78, 5) is 2.49. The maximum Gasteiger partial charge on any atom is 0.159 e. The van der Waals surface area contributed by atoms with Gasteiger partial charge in [0, 0.05) is 27.6 Å². The second-order valence-electron chi connectivity index (χ2n) is 18.4. The fourth-order valence-corrected chi connectivity index (χ4v) is 12.0. The van der Waals surface area contributed by atoms with Gasteiger partial charge in [-0.2, -0.15) is 0 Å². The molecule has 64 heavy (non-hydrogen) atoms. The second-order valence-corrected chi connectivity index (χ2v) is 18.4. The quantitative estimate of drug-likeness (QED) is 0.176. The number of benzene rings is 10. The van der Waals surface area contributed by atoms with Crippen molar-refractivity contribution in [2.45, 2.75) is 24.7 Å². The fraction of sp³-hybridized carbons (Fsp3) is 0.0645. The molecule has 0 N–H and O–H groups in total. The van der Waals surface area contributed by atoms with Crippen LogP contribution in [0.15, 0.2) is 217 Å². The van der Waals surface area contributed by atoms with Gasteiger partial charge in [0.1, 0.15) is 5.58 Å². The third-order valence-electron chi connectivity index (χ3n) is 14.8. The molecule has 11 aromatic rings. The zero-order valence-corrected chi connectivity index (χ0v) is 35.6. The Morgan fingerprint density at radius 2 is 0.844 bits per heavy atom. The van der Waals surface area contributed by atoms with Crippen LogP contribution in [-0.2, 0) is 10.8 Å². The van der Waals surface area contributed by atoms with E-state index in [1.807, 2.05) is 0 Å². The maximum absolute atomic E-state index is 7.18. The molecule has 0 saturated heterocycles. The summed E-state index contributed by atoms with van der Waals surface area (Å²) in [6, 6.07) is 79.0. The number of hydrogen-bond donors (Lipinski definition) is 0. The Labute approximate surface area is 372 Å². The summed E-state index contributed by atoms with van der Waals surface area (Å²) in [6.45, 7) is 4.74. The number of hydrogen-bond acceptors (Lipinski definition) is 2. The first-order valence-corrected chi connectivity index (χ1v) is 22.4. The van der Waals surface area contributed by atoms with Crippen LogP contribution in [0.4, 0.5) is 17.1 Å². The van der Waals surface area contributed by atoms with E-state index in [0.717, 1.165) is 55.5 Å². The van der Waals surface area contributed by atoms with Gasteiger partial charge >= 0.3 is 0 Å². The maximum atomic E-state index is 7.18. The SMILES string of the molecule is CC1(C)c2ccccc2-c2ccc(N(c3ccc4c(c3)C3(c5ccccc5-c5ccccc53)c3ccccc3-4)c3cc(-c4ccccc4)cc4c3oc3cc5ccccc5cc34)cc21. The smallest absolute Gasteiger partial charge is 0.159 e. The van der Waals surface area contributed by atoms with Crippen LogP contribution in [0.1, 0.15) is 47.2 Å². The zero-order chi connectivity index (χ0) is 42.3. The Bertz CT molecular complexity index is 3710. The highest BCUT2D eigenvalue weighted by Crippen LogP contribution is 2.63. The van der Waals surface area contributed by atoms with Gasteiger partial charge in [0.05, 0.1) is 11.1 Å². The molecule has 1 heterocycles. The average Bonchev–Trinajstić information content (AvgIpc) is 4.03. The topological polar surface area (TPSA) is 16.4 Å². The van der Waals surface area contributed by atoms with Crippen molar-refractivity contribution in [3.05, 3.63) is 246 Å². The molecule has 0 unspecified atom stereocenters. The van der Waals surface area contributed by atoms with E-state index < -0.39 is 5.41 Å². The molecule has 3 aliphatic carbocycles. The lowest BCUT2D eigenvalue weighted by molar-refractivity contribution is 0.660. The third kappa shape index (κ3) is 4.64. The molecule has 10 aromatic carbocycles. The standard InChI is InChI=1S/C62H41NO/c1-61(2)52-24-12-8-20-44(52)48-30-28-42(36-56(48)61)63(58-34-41(38-16-4-3-5-17-38)33-51-50-32-39-18-6-7-19-40(39)35-59(50)64-60(51)58)43-29-31-49-47-23-11-15-27-55(47)62(57(49)37-43)53-25-13-9-21-45(53)46-22-10-14-26-54(46)62/h3-37H,1-2H3. The molecule has 0 bridgehead atoms. The van der Waals surface area contributed by atoms with Crippen molar-refractivity contribution < 1.29 is 4.42 Å². The molecule has 0 amide bonds. The first-order chi connectivity index (χ1) is 31.5. The Balaban J connectivity index is 1.09. The highest BCUT2D eigenvalue weighted by molar-refractivity contribution is 6.15. The van der Waals surface area contributed by atoms with Gasteiger partial charge in [-0.1, -0.05) is 178 Å². The molecular formula is C62H41NO. The second kappa shape index (κ2) is 12.8. The predicted molar refractivity (Wildman–Crippen MR) is 265 cm³/mol. The highest BCUT2D eigenvalue weighted by atomic mass is 16.3. The lowest BCUT2D eigenvalue weighted by Crippen LogP contribution is -2.26. The van der Waals surface area contributed by atoms with Crippen LogP contribution in [0, 0.1) is 0 Å². The molecule has 0 fully saturated rings.